The fraction of sp³-hybridized carbons (Fsp3) is 0.500. The van der Waals surface area contributed by atoms with Crippen molar-refractivity contribution in [1.82, 2.24) is 10.6 Å². The quantitative estimate of drug-likeness (QED) is 0.752. The molecule has 1 aromatic carbocycles. The Balaban J connectivity index is 1.91. The van der Waals surface area contributed by atoms with Crippen molar-refractivity contribution in [2.24, 2.45) is 0 Å². The van der Waals surface area contributed by atoms with Gasteiger partial charge in [0.1, 0.15) is 0 Å². The van der Waals surface area contributed by atoms with Crippen molar-refractivity contribution < 1.29 is 14.3 Å². The molecule has 6 heteroatoms. The van der Waals surface area contributed by atoms with Gasteiger partial charge in [-0.3, -0.25) is 9.59 Å². The van der Waals surface area contributed by atoms with Gasteiger partial charge in [0.2, 0.25) is 5.91 Å². The number of thioether (sulfide) groups is 1. The molecule has 1 aromatic rings. The lowest BCUT2D eigenvalue weighted by molar-refractivity contribution is -0.120. The average molecular weight is 322 g/mol. The molecule has 2 N–H and O–H groups in total. The van der Waals surface area contributed by atoms with Crippen molar-refractivity contribution in [2.45, 2.75) is 30.8 Å². The summed E-state index contributed by atoms with van der Waals surface area (Å²) in [5.41, 5.74) is 0.606. The summed E-state index contributed by atoms with van der Waals surface area (Å²) >= 11 is 1.63. The molecule has 0 aliphatic carbocycles. The highest BCUT2D eigenvalue weighted by molar-refractivity contribution is 7.99. The van der Waals surface area contributed by atoms with Gasteiger partial charge in [-0.05, 0) is 31.9 Å². The van der Waals surface area contributed by atoms with Crippen molar-refractivity contribution in [3.05, 3.63) is 29.8 Å². The number of benzene rings is 1. The van der Waals surface area contributed by atoms with Crippen molar-refractivity contribution in [3.8, 4) is 0 Å². The maximum atomic E-state index is 12.2. The van der Waals surface area contributed by atoms with Gasteiger partial charge in [-0.2, -0.15) is 0 Å². The van der Waals surface area contributed by atoms with Gasteiger partial charge in [-0.1, -0.05) is 12.1 Å². The molecule has 2 amide bonds. The van der Waals surface area contributed by atoms with E-state index in [4.69, 9.17) is 4.74 Å². The molecule has 120 valence electrons. The molecule has 0 aromatic heterocycles. The first kappa shape index (κ1) is 16.8. The number of carbonyl (C=O) groups is 2. The monoisotopic (exact) mass is 322 g/mol. The second-order valence-electron chi connectivity index (χ2n) is 5.08. The largest absolute Gasteiger partial charge is 0.377 e. The third-order valence-corrected chi connectivity index (χ3v) is 4.57. The van der Waals surface area contributed by atoms with Crippen molar-refractivity contribution >= 4 is 23.6 Å². The number of amides is 2. The summed E-state index contributed by atoms with van der Waals surface area (Å²) in [5.74, 6) is 0.447. The van der Waals surface area contributed by atoms with E-state index in [0.717, 1.165) is 30.1 Å². The highest BCUT2D eigenvalue weighted by Gasteiger charge is 2.18. The van der Waals surface area contributed by atoms with Gasteiger partial charge in [0.15, 0.2) is 0 Å². The average Bonchev–Trinajstić information content (AvgIpc) is 3.04. The minimum atomic E-state index is -0.221. The summed E-state index contributed by atoms with van der Waals surface area (Å²) in [7, 11) is 0. The standard InChI is InChI=1S/C16H22N2O3S/c1-2-17-15(19)10-18-16(20)13-7-3-4-8-14(13)22-11-12-6-5-9-21-12/h3-4,7-8,12H,2,5-6,9-11H2,1H3,(H,17,19)(H,18,20)/t12-/m1/s1. The first-order valence-corrected chi connectivity index (χ1v) is 8.57. The fourth-order valence-electron chi connectivity index (χ4n) is 2.25. The predicted molar refractivity (Wildman–Crippen MR) is 87.2 cm³/mol. The number of hydrogen-bond acceptors (Lipinski definition) is 4. The lowest BCUT2D eigenvalue weighted by Crippen LogP contribution is -2.36. The highest BCUT2D eigenvalue weighted by Crippen LogP contribution is 2.26. The molecule has 5 nitrogen and oxygen atoms in total. The number of nitrogens with one attached hydrogen (secondary N) is 2. The third kappa shape index (κ3) is 5.03. The molecule has 0 spiro atoms. The van der Waals surface area contributed by atoms with Crippen LogP contribution in [0.25, 0.3) is 0 Å². The SMILES string of the molecule is CCNC(=O)CNC(=O)c1ccccc1SC[C@H]1CCCO1. The van der Waals surface area contributed by atoms with Gasteiger partial charge in [0, 0.05) is 23.8 Å². The van der Waals surface area contributed by atoms with E-state index in [1.807, 2.05) is 25.1 Å². The Hall–Kier alpha value is -1.53. The van der Waals surface area contributed by atoms with Gasteiger partial charge in [-0.15, -0.1) is 11.8 Å². The number of carbonyl (C=O) groups excluding carboxylic acids is 2. The van der Waals surface area contributed by atoms with Crippen LogP contribution >= 0.6 is 11.8 Å². The summed E-state index contributed by atoms with van der Waals surface area (Å²) in [6.07, 6.45) is 2.47. The first-order valence-electron chi connectivity index (χ1n) is 7.59. The van der Waals surface area contributed by atoms with Crippen molar-refractivity contribution in [2.75, 3.05) is 25.4 Å². The second kappa shape index (κ2) is 8.80. The summed E-state index contributed by atoms with van der Waals surface area (Å²) in [6.45, 7) is 3.23. The number of likely N-dealkylation sites (N-methyl/N-ethyl adjacent to an activating group) is 1. The molecular weight excluding hydrogens is 300 g/mol. The van der Waals surface area contributed by atoms with Gasteiger partial charge in [0.25, 0.3) is 5.91 Å². The van der Waals surface area contributed by atoms with E-state index in [0.29, 0.717) is 12.1 Å². The number of rotatable bonds is 7. The zero-order chi connectivity index (χ0) is 15.8. The van der Waals surface area contributed by atoms with E-state index >= 15 is 0 Å². The van der Waals surface area contributed by atoms with Gasteiger partial charge < -0.3 is 15.4 Å². The number of hydrogen-bond donors (Lipinski definition) is 2. The summed E-state index contributed by atoms with van der Waals surface area (Å²) < 4.78 is 5.61. The van der Waals surface area contributed by atoms with E-state index in [1.54, 1.807) is 17.8 Å². The molecule has 0 unspecified atom stereocenters. The molecule has 1 atom stereocenters. The van der Waals surface area contributed by atoms with Crippen LogP contribution in [0, 0.1) is 0 Å². The predicted octanol–water partition coefficient (Wildman–Crippen LogP) is 1.82. The highest BCUT2D eigenvalue weighted by atomic mass is 32.2. The number of ether oxygens (including phenoxy) is 1. The molecule has 2 rings (SSSR count). The Kier molecular flexibility index (Phi) is 6.74. The third-order valence-electron chi connectivity index (χ3n) is 3.36. The van der Waals surface area contributed by atoms with Crippen LogP contribution in [0.5, 0.6) is 0 Å². The maximum Gasteiger partial charge on any atom is 0.252 e. The van der Waals surface area contributed by atoms with Crippen LogP contribution in [-0.4, -0.2) is 43.4 Å². The molecule has 22 heavy (non-hydrogen) atoms. The lowest BCUT2D eigenvalue weighted by Gasteiger charge is -2.12. The topological polar surface area (TPSA) is 67.4 Å². The van der Waals surface area contributed by atoms with E-state index in [1.165, 1.54) is 0 Å². The Morgan fingerprint density at radius 2 is 2.14 bits per heavy atom. The van der Waals surface area contributed by atoms with Crippen molar-refractivity contribution in [3.63, 3.8) is 0 Å². The molecule has 1 saturated heterocycles. The minimum Gasteiger partial charge on any atom is -0.377 e. The Morgan fingerprint density at radius 1 is 1.32 bits per heavy atom. The fourth-order valence-corrected chi connectivity index (χ4v) is 3.37. The van der Waals surface area contributed by atoms with Crippen LogP contribution in [0.1, 0.15) is 30.1 Å². The maximum absolute atomic E-state index is 12.2. The summed E-state index contributed by atoms with van der Waals surface area (Å²) in [6, 6.07) is 7.46. The molecule has 0 bridgehead atoms. The zero-order valence-electron chi connectivity index (χ0n) is 12.8. The first-order chi connectivity index (χ1) is 10.7. The summed E-state index contributed by atoms with van der Waals surface area (Å²) in [5, 5.41) is 5.31. The van der Waals surface area contributed by atoms with E-state index < -0.39 is 0 Å². The van der Waals surface area contributed by atoms with Crippen LogP contribution in [0.3, 0.4) is 0 Å². The van der Waals surface area contributed by atoms with Crippen LogP contribution in [0.2, 0.25) is 0 Å². The summed E-state index contributed by atoms with van der Waals surface area (Å²) in [4.78, 5) is 24.6. The molecule has 1 heterocycles. The van der Waals surface area contributed by atoms with E-state index in [-0.39, 0.29) is 24.5 Å². The normalized spacial score (nSPS) is 17.2. The van der Waals surface area contributed by atoms with Crippen LogP contribution < -0.4 is 10.6 Å². The van der Waals surface area contributed by atoms with Gasteiger partial charge in [0.05, 0.1) is 18.2 Å². The molecule has 0 saturated carbocycles. The van der Waals surface area contributed by atoms with Gasteiger partial charge >= 0.3 is 0 Å². The Morgan fingerprint density at radius 3 is 2.86 bits per heavy atom. The molecule has 0 radical (unpaired) electrons. The molecule has 1 aliphatic heterocycles. The van der Waals surface area contributed by atoms with Crippen LogP contribution in [-0.2, 0) is 9.53 Å². The Labute approximate surface area is 135 Å². The Bertz CT molecular complexity index is 516. The second-order valence-corrected chi connectivity index (χ2v) is 6.14. The van der Waals surface area contributed by atoms with Gasteiger partial charge in [-0.25, -0.2) is 0 Å². The van der Waals surface area contributed by atoms with Crippen LogP contribution in [0.15, 0.2) is 29.2 Å². The van der Waals surface area contributed by atoms with Crippen molar-refractivity contribution in [1.29, 1.82) is 0 Å². The zero-order valence-corrected chi connectivity index (χ0v) is 13.6. The lowest BCUT2D eigenvalue weighted by atomic mass is 10.2. The smallest absolute Gasteiger partial charge is 0.252 e. The molecule has 1 fully saturated rings. The minimum absolute atomic E-state index is 0.00257. The van der Waals surface area contributed by atoms with Crippen LogP contribution in [0.4, 0.5) is 0 Å². The molecule has 1 aliphatic rings. The van der Waals surface area contributed by atoms with E-state index in [9.17, 15) is 9.59 Å². The molecular formula is C16H22N2O3S. The van der Waals surface area contributed by atoms with E-state index in [2.05, 4.69) is 10.6 Å².